The van der Waals surface area contributed by atoms with Crippen molar-refractivity contribution in [1.82, 2.24) is 0 Å². The Kier molecular flexibility index (Phi) is 5.97. The van der Waals surface area contributed by atoms with Gasteiger partial charge in [0.25, 0.3) is 0 Å². The lowest BCUT2D eigenvalue weighted by Gasteiger charge is -2.57. The standard InChI is InChI=1S/C45H44/c1-43(2,3)37-25-39(33-18-20-34(21-19-33)44-27-30-22-31(28-44)24-32(23-30)29-44)42-40(26-37)38-16-10-11-17-41(38)45(42,35-12-6-4-7-13-35)36-14-8-5-9-15-36/h4-21,25-26,30-32H,22-24,27-29H2,1-3H3. The minimum Gasteiger partial charge on any atom is -0.0622 e. The molecule has 224 valence electrons. The molecular formula is C45H44. The molecule has 0 nitrogen and oxygen atoms in total. The minimum absolute atomic E-state index is 0.0304. The molecule has 0 heteroatoms. The van der Waals surface area contributed by atoms with E-state index in [4.69, 9.17) is 0 Å². The molecule has 5 aliphatic carbocycles. The SMILES string of the molecule is CC(C)(C)c1cc(-c2ccc(C34CC5CC(CC(C5)C3)C4)cc2)c2c(c1)-c1ccccc1C2(c1ccccc1)c1ccccc1. The van der Waals surface area contributed by atoms with E-state index in [0.29, 0.717) is 5.41 Å². The number of rotatable bonds is 4. The molecule has 0 amide bonds. The van der Waals surface area contributed by atoms with Crippen molar-refractivity contribution in [3.05, 3.63) is 155 Å². The highest BCUT2D eigenvalue weighted by atomic mass is 14.6. The van der Waals surface area contributed by atoms with Crippen LogP contribution < -0.4 is 0 Å². The first-order valence-electron chi connectivity index (χ1n) is 17.4. The van der Waals surface area contributed by atoms with Crippen LogP contribution in [0.4, 0.5) is 0 Å². The van der Waals surface area contributed by atoms with Gasteiger partial charge in [0.15, 0.2) is 0 Å². The molecule has 0 radical (unpaired) electrons. The van der Waals surface area contributed by atoms with E-state index in [1.807, 2.05) is 0 Å². The maximum atomic E-state index is 2.54. The molecule has 10 rings (SSSR count). The third-order valence-corrected chi connectivity index (χ3v) is 12.3. The molecule has 4 bridgehead atoms. The molecule has 5 aromatic rings. The van der Waals surface area contributed by atoms with E-state index in [-0.39, 0.29) is 5.41 Å². The van der Waals surface area contributed by atoms with Crippen molar-refractivity contribution in [1.29, 1.82) is 0 Å². The Morgan fingerprint density at radius 1 is 0.511 bits per heavy atom. The van der Waals surface area contributed by atoms with Crippen LogP contribution >= 0.6 is 0 Å². The van der Waals surface area contributed by atoms with Gasteiger partial charge in [0.2, 0.25) is 0 Å². The number of hydrogen-bond acceptors (Lipinski definition) is 0. The van der Waals surface area contributed by atoms with E-state index in [9.17, 15) is 0 Å². The molecule has 0 N–H and O–H groups in total. The Labute approximate surface area is 269 Å². The molecule has 0 atom stereocenters. The summed E-state index contributed by atoms with van der Waals surface area (Å²) in [6.45, 7) is 7.07. The summed E-state index contributed by atoms with van der Waals surface area (Å²) in [5.41, 5.74) is 14.0. The summed E-state index contributed by atoms with van der Waals surface area (Å²) in [6.07, 6.45) is 8.70. The summed E-state index contributed by atoms with van der Waals surface area (Å²) in [4.78, 5) is 0. The van der Waals surface area contributed by atoms with Crippen molar-refractivity contribution >= 4 is 0 Å². The summed E-state index contributed by atoms with van der Waals surface area (Å²) >= 11 is 0. The predicted molar refractivity (Wildman–Crippen MR) is 188 cm³/mol. The van der Waals surface area contributed by atoms with Gasteiger partial charge in [0.05, 0.1) is 5.41 Å². The van der Waals surface area contributed by atoms with E-state index in [1.165, 1.54) is 88.6 Å². The third kappa shape index (κ3) is 4.04. The van der Waals surface area contributed by atoms with Gasteiger partial charge >= 0.3 is 0 Å². The normalized spacial score (nSPS) is 25.6. The lowest BCUT2D eigenvalue weighted by molar-refractivity contribution is -0.00518. The maximum absolute atomic E-state index is 2.54. The molecule has 45 heavy (non-hydrogen) atoms. The molecule has 0 unspecified atom stereocenters. The predicted octanol–water partition coefficient (Wildman–Crippen LogP) is 11.5. The van der Waals surface area contributed by atoms with Gasteiger partial charge in [0, 0.05) is 0 Å². The molecule has 5 aromatic carbocycles. The van der Waals surface area contributed by atoms with E-state index < -0.39 is 5.41 Å². The fourth-order valence-corrected chi connectivity index (χ4v) is 10.7. The van der Waals surface area contributed by atoms with Crippen LogP contribution in [0.15, 0.2) is 121 Å². The molecule has 0 aromatic heterocycles. The van der Waals surface area contributed by atoms with E-state index in [1.54, 1.807) is 5.56 Å². The fraction of sp³-hybridized carbons (Fsp3) is 0.333. The van der Waals surface area contributed by atoms with Gasteiger partial charge in [-0.25, -0.2) is 0 Å². The molecule has 0 spiro atoms. The highest BCUT2D eigenvalue weighted by Gasteiger charge is 2.52. The van der Waals surface area contributed by atoms with Crippen molar-refractivity contribution in [2.75, 3.05) is 0 Å². The van der Waals surface area contributed by atoms with Crippen LogP contribution in [-0.2, 0) is 16.2 Å². The third-order valence-electron chi connectivity index (χ3n) is 12.3. The topological polar surface area (TPSA) is 0 Å². The molecule has 4 saturated carbocycles. The summed E-state index contributed by atoms with van der Waals surface area (Å²) in [6, 6.07) is 46.8. The van der Waals surface area contributed by atoms with Crippen molar-refractivity contribution in [3.8, 4) is 22.3 Å². The largest absolute Gasteiger partial charge is 0.0719 e. The zero-order valence-corrected chi connectivity index (χ0v) is 27.0. The minimum atomic E-state index is -0.404. The smallest absolute Gasteiger partial charge is 0.0622 e. The van der Waals surface area contributed by atoms with Crippen molar-refractivity contribution in [2.45, 2.75) is 75.5 Å². The Balaban J connectivity index is 1.30. The van der Waals surface area contributed by atoms with Gasteiger partial charge in [-0.3, -0.25) is 0 Å². The highest BCUT2D eigenvalue weighted by molar-refractivity contribution is 5.93. The first-order chi connectivity index (χ1) is 21.8. The second-order valence-electron chi connectivity index (χ2n) is 16.0. The van der Waals surface area contributed by atoms with Crippen LogP contribution in [0.25, 0.3) is 22.3 Å². The van der Waals surface area contributed by atoms with E-state index in [2.05, 4.69) is 142 Å². The zero-order chi connectivity index (χ0) is 30.4. The monoisotopic (exact) mass is 584 g/mol. The van der Waals surface area contributed by atoms with Crippen LogP contribution in [0, 0.1) is 17.8 Å². The second kappa shape index (κ2) is 9.80. The average Bonchev–Trinajstić information content (AvgIpc) is 3.36. The Hall–Kier alpha value is -3.90. The quantitative estimate of drug-likeness (QED) is 0.193. The molecule has 0 heterocycles. The van der Waals surface area contributed by atoms with E-state index >= 15 is 0 Å². The summed E-state index contributed by atoms with van der Waals surface area (Å²) in [7, 11) is 0. The van der Waals surface area contributed by atoms with Gasteiger partial charge in [-0.15, -0.1) is 0 Å². The number of benzene rings is 5. The fourth-order valence-electron chi connectivity index (χ4n) is 10.7. The van der Waals surface area contributed by atoms with Gasteiger partial charge in [-0.2, -0.15) is 0 Å². The molecule has 0 aliphatic heterocycles. The second-order valence-corrected chi connectivity index (χ2v) is 16.0. The molecule has 5 aliphatic rings. The van der Waals surface area contributed by atoms with Gasteiger partial charge < -0.3 is 0 Å². The van der Waals surface area contributed by atoms with Crippen LogP contribution in [0.5, 0.6) is 0 Å². The molecular weight excluding hydrogens is 540 g/mol. The van der Waals surface area contributed by atoms with E-state index in [0.717, 1.165) is 17.8 Å². The first-order valence-corrected chi connectivity index (χ1v) is 17.4. The highest BCUT2D eigenvalue weighted by Crippen LogP contribution is 2.62. The van der Waals surface area contributed by atoms with Gasteiger partial charge in [-0.05, 0) is 123 Å². The number of fused-ring (bicyclic) bond motifs is 3. The Morgan fingerprint density at radius 2 is 1.02 bits per heavy atom. The van der Waals surface area contributed by atoms with Crippen LogP contribution in [0.2, 0.25) is 0 Å². The molecule has 4 fully saturated rings. The average molecular weight is 585 g/mol. The van der Waals surface area contributed by atoms with Crippen molar-refractivity contribution in [2.24, 2.45) is 17.8 Å². The summed E-state index contributed by atoms with van der Waals surface area (Å²) in [5, 5.41) is 0. The summed E-state index contributed by atoms with van der Waals surface area (Å²) in [5.74, 6) is 2.87. The lowest BCUT2D eigenvalue weighted by atomic mass is 9.48. The van der Waals surface area contributed by atoms with Crippen LogP contribution in [-0.4, -0.2) is 0 Å². The first kappa shape index (κ1) is 27.4. The lowest BCUT2D eigenvalue weighted by Crippen LogP contribution is -2.48. The Morgan fingerprint density at radius 3 is 1.58 bits per heavy atom. The van der Waals surface area contributed by atoms with Crippen molar-refractivity contribution < 1.29 is 0 Å². The van der Waals surface area contributed by atoms with Gasteiger partial charge in [0.1, 0.15) is 0 Å². The number of hydrogen-bond donors (Lipinski definition) is 0. The molecule has 0 saturated heterocycles. The van der Waals surface area contributed by atoms with Crippen molar-refractivity contribution in [3.63, 3.8) is 0 Å². The van der Waals surface area contributed by atoms with Crippen LogP contribution in [0.1, 0.15) is 92.7 Å². The maximum Gasteiger partial charge on any atom is 0.0719 e. The zero-order valence-electron chi connectivity index (χ0n) is 27.0. The van der Waals surface area contributed by atoms with Crippen LogP contribution in [0.3, 0.4) is 0 Å². The van der Waals surface area contributed by atoms with Gasteiger partial charge in [-0.1, -0.05) is 142 Å². The Bertz CT molecular complexity index is 1810. The summed E-state index contributed by atoms with van der Waals surface area (Å²) < 4.78 is 0.